The summed E-state index contributed by atoms with van der Waals surface area (Å²) in [5.41, 5.74) is 13.9. The Kier molecular flexibility index (Phi) is 9.29. The van der Waals surface area contributed by atoms with Gasteiger partial charge in [0.05, 0.1) is 23.9 Å². The standard InChI is InChI=1S/C31H37N7O5/c32-15-28(40)37-17-21(33)13-26(37)31(43)38-18-23(36-30(42)27(39)11-10-19-6-2-1-3-7-19)14-25(38)29(41)35-22-12-20-8-4-5-9-24(20)34-16-22/h1-9,12,16,21,23,25-27,39H,10-11,13-15,17-18,32-33H2,(H,35,41)(H,36,42)/t21-,23-,25+,26+,27-/m1/s1. The Bertz CT molecular complexity index is 1490. The second-order valence-corrected chi connectivity index (χ2v) is 11.2. The zero-order chi connectivity index (χ0) is 30.5. The first-order valence-corrected chi connectivity index (χ1v) is 14.5. The van der Waals surface area contributed by atoms with Crippen LogP contribution in [0.4, 0.5) is 5.69 Å². The van der Waals surface area contributed by atoms with Crippen LogP contribution in [0.15, 0.2) is 66.9 Å². The first-order chi connectivity index (χ1) is 20.7. The minimum absolute atomic E-state index is 0.0282. The fourth-order valence-electron chi connectivity index (χ4n) is 5.86. The fraction of sp³-hybridized carbons (Fsp3) is 0.387. The molecule has 3 heterocycles. The third kappa shape index (κ3) is 6.99. The van der Waals surface area contributed by atoms with E-state index < -0.39 is 53.9 Å². The van der Waals surface area contributed by atoms with Crippen LogP contribution in [-0.2, 0) is 25.6 Å². The number of carbonyl (C=O) groups excluding carboxylic acids is 4. The quantitative estimate of drug-likeness (QED) is 0.234. The van der Waals surface area contributed by atoms with Gasteiger partial charge in [-0.1, -0.05) is 48.5 Å². The van der Waals surface area contributed by atoms with Crippen molar-refractivity contribution in [2.24, 2.45) is 11.5 Å². The number of aromatic nitrogens is 1. The number of para-hydroxylation sites is 1. The third-order valence-electron chi connectivity index (χ3n) is 8.06. The maximum absolute atomic E-state index is 13.9. The van der Waals surface area contributed by atoms with Gasteiger partial charge in [-0.05, 0) is 43.4 Å². The topological polar surface area (TPSA) is 184 Å². The maximum atomic E-state index is 13.9. The molecule has 226 valence electrons. The monoisotopic (exact) mass is 587 g/mol. The lowest BCUT2D eigenvalue weighted by atomic mass is 10.1. The van der Waals surface area contributed by atoms with Crippen molar-refractivity contribution in [2.75, 3.05) is 25.0 Å². The van der Waals surface area contributed by atoms with Crippen molar-refractivity contribution >= 4 is 40.2 Å². The number of pyridine rings is 1. The van der Waals surface area contributed by atoms with Crippen molar-refractivity contribution in [3.8, 4) is 0 Å². The average molecular weight is 588 g/mol. The molecule has 2 saturated heterocycles. The molecule has 5 rings (SSSR count). The number of aliphatic hydroxyl groups is 1. The van der Waals surface area contributed by atoms with Crippen molar-refractivity contribution in [1.29, 1.82) is 0 Å². The van der Waals surface area contributed by atoms with E-state index in [1.807, 2.05) is 54.6 Å². The summed E-state index contributed by atoms with van der Waals surface area (Å²) in [5.74, 6) is -1.87. The maximum Gasteiger partial charge on any atom is 0.249 e. The molecule has 4 amide bonds. The average Bonchev–Trinajstić information content (AvgIpc) is 3.63. The van der Waals surface area contributed by atoms with Crippen molar-refractivity contribution < 1.29 is 24.3 Å². The van der Waals surface area contributed by atoms with Crippen LogP contribution in [0.2, 0.25) is 0 Å². The molecule has 0 unspecified atom stereocenters. The molecule has 0 saturated carbocycles. The summed E-state index contributed by atoms with van der Waals surface area (Å²) < 4.78 is 0. The fourth-order valence-corrected chi connectivity index (χ4v) is 5.86. The number of benzene rings is 2. The highest BCUT2D eigenvalue weighted by atomic mass is 16.3. The minimum Gasteiger partial charge on any atom is -0.383 e. The highest BCUT2D eigenvalue weighted by molar-refractivity contribution is 6.00. The van der Waals surface area contributed by atoms with Gasteiger partial charge in [-0.15, -0.1) is 0 Å². The van der Waals surface area contributed by atoms with Crippen molar-refractivity contribution in [1.82, 2.24) is 20.1 Å². The van der Waals surface area contributed by atoms with Crippen LogP contribution < -0.4 is 22.1 Å². The van der Waals surface area contributed by atoms with Gasteiger partial charge in [0.1, 0.15) is 18.2 Å². The van der Waals surface area contributed by atoms with Gasteiger partial charge in [0, 0.05) is 30.6 Å². The normalized spacial score (nSPS) is 22.4. The number of hydrogen-bond donors (Lipinski definition) is 5. The Labute approximate surface area is 249 Å². The number of nitrogens with two attached hydrogens (primary N) is 2. The van der Waals surface area contributed by atoms with Gasteiger partial charge in [0.15, 0.2) is 0 Å². The number of aliphatic hydroxyl groups excluding tert-OH is 1. The van der Waals surface area contributed by atoms with Crippen LogP contribution in [0.25, 0.3) is 10.9 Å². The van der Waals surface area contributed by atoms with E-state index in [0.29, 0.717) is 12.1 Å². The molecule has 12 nitrogen and oxygen atoms in total. The summed E-state index contributed by atoms with van der Waals surface area (Å²) in [5, 5.41) is 17.1. The van der Waals surface area contributed by atoms with Crippen molar-refractivity contribution in [3.05, 3.63) is 72.4 Å². The van der Waals surface area contributed by atoms with E-state index in [1.54, 1.807) is 12.3 Å². The molecule has 0 radical (unpaired) electrons. The van der Waals surface area contributed by atoms with E-state index in [-0.39, 0.29) is 38.9 Å². The van der Waals surface area contributed by atoms with Crippen molar-refractivity contribution in [3.63, 3.8) is 0 Å². The lowest BCUT2D eigenvalue weighted by Gasteiger charge is -2.30. The van der Waals surface area contributed by atoms with E-state index >= 15 is 0 Å². The minimum atomic E-state index is -1.26. The van der Waals surface area contributed by atoms with E-state index in [1.165, 1.54) is 9.80 Å². The molecule has 0 bridgehead atoms. The molecule has 3 aromatic rings. The van der Waals surface area contributed by atoms with Crippen LogP contribution >= 0.6 is 0 Å². The number of amides is 4. The molecule has 1 aromatic heterocycles. The Morgan fingerprint density at radius 1 is 0.977 bits per heavy atom. The number of aryl methyl sites for hydroxylation is 1. The Morgan fingerprint density at radius 2 is 1.72 bits per heavy atom. The van der Waals surface area contributed by atoms with Gasteiger partial charge >= 0.3 is 0 Å². The number of nitrogens with one attached hydrogen (secondary N) is 2. The van der Waals surface area contributed by atoms with Gasteiger partial charge in [-0.3, -0.25) is 24.2 Å². The summed E-state index contributed by atoms with van der Waals surface area (Å²) in [4.78, 5) is 60.1. The van der Waals surface area contributed by atoms with E-state index in [9.17, 15) is 24.3 Å². The highest BCUT2D eigenvalue weighted by Gasteiger charge is 2.46. The van der Waals surface area contributed by atoms with Gasteiger partial charge in [-0.2, -0.15) is 0 Å². The van der Waals surface area contributed by atoms with Gasteiger partial charge in [0.25, 0.3) is 0 Å². The molecule has 2 aliphatic rings. The Morgan fingerprint density at radius 3 is 2.49 bits per heavy atom. The molecule has 0 spiro atoms. The largest absolute Gasteiger partial charge is 0.383 e. The first kappa shape index (κ1) is 30.1. The number of nitrogens with zero attached hydrogens (tertiary/aromatic N) is 3. The molecule has 2 aliphatic heterocycles. The SMILES string of the molecule is NCC(=O)N1C[C@H](N)C[C@H]1C(=O)N1C[C@H](NC(=O)[C@H](O)CCc2ccccc2)C[C@H]1C(=O)Nc1cnc2ccccc2c1. The molecular formula is C31H37N7O5. The molecule has 12 heteroatoms. The summed E-state index contributed by atoms with van der Waals surface area (Å²) in [6, 6.07) is 16.0. The molecule has 2 fully saturated rings. The van der Waals surface area contributed by atoms with Crippen LogP contribution in [0.1, 0.15) is 24.8 Å². The number of hydrogen-bond acceptors (Lipinski definition) is 8. The lowest BCUT2D eigenvalue weighted by Crippen LogP contribution is -2.53. The number of fused-ring (bicyclic) bond motifs is 1. The number of rotatable bonds is 9. The number of carbonyl (C=O) groups is 4. The number of likely N-dealkylation sites (tertiary alicyclic amines) is 2. The third-order valence-corrected chi connectivity index (χ3v) is 8.06. The Hall–Kier alpha value is -4.39. The summed E-state index contributed by atoms with van der Waals surface area (Å²) in [6.07, 6.45) is 1.38. The van der Waals surface area contributed by atoms with E-state index in [2.05, 4.69) is 15.6 Å². The highest BCUT2D eigenvalue weighted by Crippen LogP contribution is 2.27. The van der Waals surface area contributed by atoms with Crippen molar-refractivity contribution in [2.45, 2.75) is 56.0 Å². The molecule has 7 N–H and O–H groups in total. The second kappa shape index (κ2) is 13.3. The zero-order valence-corrected chi connectivity index (χ0v) is 23.8. The predicted octanol–water partition coefficient (Wildman–Crippen LogP) is 0.140. The van der Waals surface area contributed by atoms with Crippen LogP contribution in [0.5, 0.6) is 0 Å². The molecular weight excluding hydrogens is 550 g/mol. The van der Waals surface area contributed by atoms with Gasteiger partial charge in [-0.25, -0.2) is 0 Å². The summed E-state index contributed by atoms with van der Waals surface area (Å²) >= 11 is 0. The second-order valence-electron chi connectivity index (χ2n) is 11.2. The predicted molar refractivity (Wildman–Crippen MR) is 160 cm³/mol. The zero-order valence-electron chi connectivity index (χ0n) is 23.8. The van der Waals surface area contributed by atoms with Crippen LogP contribution in [0.3, 0.4) is 0 Å². The first-order valence-electron chi connectivity index (χ1n) is 14.5. The van der Waals surface area contributed by atoms with Gasteiger partial charge in [0.2, 0.25) is 23.6 Å². The summed E-state index contributed by atoms with van der Waals surface area (Å²) in [7, 11) is 0. The molecule has 5 atom stereocenters. The molecule has 2 aromatic carbocycles. The van der Waals surface area contributed by atoms with Crippen LogP contribution in [-0.4, -0.2) is 93.4 Å². The number of anilines is 1. The van der Waals surface area contributed by atoms with Gasteiger partial charge < -0.3 is 37.0 Å². The smallest absolute Gasteiger partial charge is 0.249 e. The summed E-state index contributed by atoms with van der Waals surface area (Å²) in [6.45, 7) is -0.0525. The Balaban J connectivity index is 1.31. The molecule has 43 heavy (non-hydrogen) atoms. The van der Waals surface area contributed by atoms with E-state index in [0.717, 1.165) is 16.5 Å². The van der Waals surface area contributed by atoms with Crippen LogP contribution in [0, 0.1) is 0 Å². The van der Waals surface area contributed by atoms with E-state index in [4.69, 9.17) is 11.5 Å². The molecule has 0 aliphatic carbocycles. The lowest BCUT2D eigenvalue weighted by molar-refractivity contribution is -0.145.